The highest BCUT2D eigenvalue weighted by Crippen LogP contribution is 2.18. The molecule has 0 aromatic rings. The summed E-state index contributed by atoms with van der Waals surface area (Å²) in [4.78, 5) is 11.1. The van der Waals surface area contributed by atoms with Crippen molar-refractivity contribution in [1.82, 2.24) is 5.32 Å². The standard InChI is InChI=1S/C9H16BrNO2/c1-6(10)9(13)11-7-4-2-3-5-8(7)12/h6-8,12H,2-5H2,1H3,(H,11,13)/t6?,7-,8-/m0/s1. The normalized spacial score (nSPS) is 31.0. The average Bonchev–Trinajstić information content (AvgIpc) is 2.08. The van der Waals surface area contributed by atoms with E-state index in [-0.39, 0.29) is 22.9 Å². The van der Waals surface area contributed by atoms with Crippen LogP contribution in [-0.2, 0) is 4.79 Å². The molecule has 13 heavy (non-hydrogen) atoms. The molecule has 3 atom stereocenters. The largest absolute Gasteiger partial charge is 0.391 e. The summed E-state index contributed by atoms with van der Waals surface area (Å²) < 4.78 is 0. The number of aliphatic hydroxyl groups excluding tert-OH is 1. The fourth-order valence-corrected chi connectivity index (χ4v) is 1.71. The zero-order valence-electron chi connectivity index (χ0n) is 7.79. The third-order valence-corrected chi connectivity index (χ3v) is 2.83. The first-order chi connectivity index (χ1) is 6.11. The Kier molecular flexibility index (Phi) is 4.19. The lowest BCUT2D eigenvalue weighted by atomic mass is 9.92. The summed E-state index contributed by atoms with van der Waals surface area (Å²) in [7, 11) is 0. The monoisotopic (exact) mass is 249 g/mol. The molecule has 0 radical (unpaired) electrons. The van der Waals surface area contributed by atoms with Gasteiger partial charge in [0.05, 0.1) is 17.0 Å². The second-order valence-corrected chi connectivity index (χ2v) is 4.96. The SMILES string of the molecule is CC(Br)C(=O)N[C@H]1CCCC[C@@H]1O. The number of hydrogen-bond acceptors (Lipinski definition) is 2. The molecule has 1 fully saturated rings. The predicted octanol–water partition coefficient (Wildman–Crippen LogP) is 1.19. The quantitative estimate of drug-likeness (QED) is 0.723. The van der Waals surface area contributed by atoms with Crippen LogP contribution in [0, 0.1) is 0 Å². The number of nitrogens with one attached hydrogen (secondary N) is 1. The Balaban J connectivity index is 2.38. The van der Waals surface area contributed by atoms with Crippen molar-refractivity contribution in [2.24, 2.45) is 0 Å². The third-order valence-electron chi connectivity index (χ3n) is 2.42. The van der Waals surface area contributed by atoms with Gasteiger partial charge in [0.25, 0.3) is 0 Å². The van der Waals surface area contributed by atoms with E-state index in [1.807, 2.05) is 0 Å². The molecule has 1 unspecified atom stereocenters. The van der Waals surface area contributed by atoms with Crippen molar-refractivity contribution in [2.45, 2.75) is 49.6 Å². The lowest BCUT2D eigenvalue weighted by Gasteiger charge is -2.28. The second-order valence-electron chi connectivity index (χ2n) is 3.58. The van der Waals surface area contributed by atoms with Gasteiger partial charge in [-0.15, -0.1) is 0 Å². The molecule has 2 N–H and O–H groups in total. The molecule has 4 heteroatoms. The smallest absolute Gasteiger partial charge is 0.233 e. The van der Waals surface area contributed by atoms with Crippen LogP contribution in [0.3, 0.4) is 0 Å². The van der Waals surface area contributed by atoms with E-state index >= 15 is 0 Å². The van der Waals surface area contributed by atoms with Gasteiger partial charge in [-0.2, -0.15) is 0 Å². The van der Waals surface area contributed by atoms with E-state index in [2.05, 4.69) is 21.2 Å². The van der Waals surface area contributed by atoms with Gasteiger partial charge in [-0.25, -0.2) is 0 Å². The van der Waals surface area contributed by atoms with E-state index in [9.17, 15) is 9.90 Å². The van der Waals surface area contributed by atoms with Crippen LogP contribution in [-0.4, -0.2) is 28.0 Å². The van der Waals surface area contributed by atoms with Gasteiger partial charge < -0.3 is 10.4 Å². The number of rotatable bonds is 2. The van der Waals surface area contributed by atoms with E-state index in [4.69, 9.17) is 0 Å². The Hall–Kier alpha value is -0.0900. The van der Waals surface area contributed by atoms with Gasteiger partial charge >= 0.3 is 0 Å². The number of carbonyl (C=O) groups excluding carboxylic acids is 1. The molecule has 3 nitrogen and oxygen atoms in total. The maximum absolute atomic E-state index is 11.3. The predicted molar refractivity (Wildman–Crippen MR) is 54.8 cm³/mol. The molecule has 0 saturated heterocycles. The second kappa shape index (κ2) is 4.96. The Bertz CT molecular complexity index is 184. The first-order valence-electron chi connectivity index (χ1n) is 4.74. The molecule has 0 aromatic heterocycles. The summed E-state index contributed by atoms with van der Waals surface area (Å²) in [6.07, 6.45) is 3.51. The molecule has 0 heterocycles. The van der Waals surface area contributed by atoms with E-state index in [1.54, 1.807) is 6.92 Å². The van der Waals surface area contributed by atoms with Crippen molar-refractivity contribution < 1.29 is 9.90 Å². The Morgan fingerprint density at radius 1 is 1.54 bits per heavy atom. The van der Waals surface area contributed by atoms with Gasteiger partial charge in [-0.1, -0.05) is 28.8 Å². The Morgan fingerprint density at radius 3 is 2.69 bits per heavy atom. The highest BCUT2D eigenvalue weighted by Gasteiger charge is 2.25. The van der Waals surface area contributed by atoms with Crippen LogP contribution in [0.25, 0.3) is 0 Å². The van der Waals surface area contributed by atoms with E-state index in [1.165, 1.54) is 0 Å². The molecule has 1 amide bonds. The number of carbonyl (C=O) groups is 1. The summed E-state index contributed by atoms with van der Waals surface area (Å²) >= 11 is 3.19. The fourth-order valence-electron chi connectivity index (χ4n) is 1.58. The topological polar surface area (TPSA) is 49.3 Å². The third kappa shape index (κ3) is 3.27. The van der Waals surface area contributed by atoms with Crippen LogP contribution in [0.4, 0.5) is 0 Å². The fraction of sp³-hybridized carbons (Fsp3) is 0.889. The maximum Gasteiger partial charge on any atom is 0.233 e. The van der Waals surface area contributed by atoms with Crippen LogP contribution in [0.2, 0.25) is 0 Å². The number of aliphatic hydroxyl groups is 1. The number of amides is 1. The maximum atomic E-state index is 11.3. The van der Waals surface area contributed by atoms with Crippen LogP contribution in [0.1, 0.15) is 32.6 Å². The minimum atomic E-state index is -0.357. The van der Waals surface area contributed by atoms with Gasteiger partial charge in [0, 0.05) is 0 Å². The minimum absolute atomic E-state index is 0.0362. The summed E-state index contributed by atoms with van der Waals surface area (Å²) in [6.45, 7) is 1.78. The van der Waals surface area contributed by atoms with E-state index < -0.39 is 0 Å². The van der Waals surface area contributed by atoms with Crippen LogP contribution in [0.15, 0.2) is 0 Å². The van der Waals surface area contributed by atoms with Crippen molar-refractivity contribution in [3.05, 3.63) is 0 Å². The minimum Gasteiger partial charge on any atom is -0.391 e. The first kappa shape index (κ1) is 11.0. The molecule has 1 aliphatic rings. The molecule has 0 aromatic carbocycles. The van der Waals surface area contributed by atoms with Crippen LogP contribution in [0.5, 0.6) is 0 Å². The summed E-state index contributed by atoms with van der Waals surface area (Å²) in [5, 5.41) is 12.4. The summed E-state index contributed by atoms with van der Waals surface area (Å²) in [6, 6.07) is -0.0405. The highest BCUT2D eigenvalue weighted by molar-refractivity contribution is 9.10. The van der Waals surface area contributed by atoms with Crippen molar-refractivity contribution >= 4 is 21.8 Å². The molecule has 1 rings (SSSR count). The van der Waals surface area contributed by atoms with Crippen molar-refractivity contribution in [3.63, 3.8) is 0 Å². The summed E-state index contributed by atoms with van der Waals surface area (Å²) in [5.41, 5.74) is 0. The van der Waals surface area contributed by atoms with Crippen molar-refractivity contribution in [3.8, 4) is 0 Å². The van der Waals surface area contributed by atoms with Crippen LogP contribution < -0.4 is 5.32 Å². The average molecular weight is 250 g/mol. The first-order valence-corrected chi connectivity index (χ1v) is 5.65. The highest BCUT2D eigenvalue weighted by atomic mass is 79.9. The molecule has 0 spiro atoms. The van der Waals surface area contributed by atoms with Gasteiger partial charge in [0.2, 0.25) is 5.91 Å². The lowest BCUT2D eigenvalue weighted by Crippen LogP contribution is -2.47. The van der Waals surface area contributed by atoms with Crippen molar-refractivity contribution in [1.29, 1.82) is 0 Å². The molecule has 0 aliphatic heterocycles. The molecular formula is C9H16BrNO2. The van der Waals surface area contributed by atoms with Gasteiger partial charge in [-0.3, -0.25) is 4.79 Å². The van der Waals surface area contributed by atoms with Crippen molar-refractivity contribution in [2.75, 3.05) is 0 Å². The Labute approximate surface area is 87.0 Å². The zero-order chi connectivity index (χ0) is 9.84. The van der Waals surface area contributed by atoms with Gasteiger partial charge in [0.1, 0.15) is 0 Å². The number of hydrogen-bond donors (Lipinski definition) is 2. The molecule has 76 valence electrons. The lowest BCUT2D eigenvalue weighted by molar-refractivity contribution is -0.122. The molecular weight excluding hydrogens is 234 g/mol. The molecule has 0 bridgehead atoms. The molecule has 1 aliphatic carbocycles. The van der Waals surface area contributed by atoms with Crippen LogP contribution >= 0.6 is 15.9 Å². The number of halogens is 1. The summed E-state index contributed by atoms with van der Waals surface area (Å²) in [5.74, 6) is -0.0362. The zero-order valence-corrected chi connectivity index (χ0v) is 9.38. The van der Waals surface area contributed by atoms with Gasteiger partial charge in [-0.05, 0) is 19.8 Å². The Morgan fingerprint density at radius 2 is 2.15 bits per heavy atom. The van der Waals surface area contributed by atoms with Gasteiger partial charge in [0.15, 0.2) is 0 Å². The van der Waals surface area contributed by atoms with E-state index in [0.717, 1.165) is 25.7 Å². The number of alkyl halides is 1. The van der Waals surface area contributed by atoms with E-state index in [0.29, 0.717) is 0 Å². The molecule has 1 saturated carbocycles.